The lowest BCUT2D eigenvalue weighted by Crippen LogP contribution is -2.32. The van der Waals surface area contributed by atoms with Crippen molar-refractivity contribution < 1.29 is 19.0 Å². The Balaban J connectivity index is 1.60. The number of imidazole rings is 1. The summed E-state index contributed by atoms with van der Waals surface area (Å²) in [4.78, 5) is 17.5. The number of aromatic nitrogens is 2. The number of hydrogen-bond acceptors (Lipinski definition) is 5. The maximum atomic E-state index is 13.0. The van der Waals surface area contributed by atoms with Gasteiger partial charge >= 0.3 is 0 Å². The number of carbonyl (C=O) groups is 1. The molecule has 1 atom stereocenters. The molecule has 1 unspecified atom stereocenters. The maximum Gasteiger partial charge on any atom is 0.225 e. The van der Waals surface area contributed by atoms with Gasteiger partial charge in [0.1, 0.15) is 17.6 Å². The molecule has 0 aliphatic carbocycles. The average molecular weight is 442 g/mol. The number of nitrogens with zero attached hydrogens (tertiary/aromatic N) is 2. The molecule has 1 amide bonds. The van der Waals surface area contributed by atoms with E-state index >= 15 is 0 Å². The minimum Gasteiger partial charge on any atom is -0.496 e. The van der Waals surface area contributed by atoms with Crippen LogP contribution in [0.4, 0.5) is 0 Å². The van der Waals surface area contributed by atoms with Gasteiger partial charge in [0.2, 0.25) is 5.91 Å². The first-order valence-electron chi connectivity index (χ1n) is 10.0. The van der Waals surface area contributed by atoms with Crippen molar-refractivity contribution >= 4 is 17.5 Å². The highest BCUT2D eigenvalue weighted by Crippen LogP contribution is 2.38. The number of methoxy groups -OCH3 is 1. The van der Waals surface area contributed by atoms with Crippen LogP contribution in [0.15, 0.2) is 48.8 Å². The highest BCUT2D eigenvalue weighted by Gasteiger charge is 2.24. The van der Waals surface area contributed by atoms with Crippen LogP contribution in [0.1, 0.15) is 29.4 Å². The number of amides is 1. The van der Waals surface area contributed by atoms with Crippen molar-refractivity contribution in [3.63, 3.8) is 0 Å². The van der Waals surface area contributed by atoms with Gasteiger partial charge in [-0.3, -0.25) is 4.79 Å². The van der Waals surface area contributed by atoms with Crippen molar-refractivity contribution in [3.8, 4) is 17.2 Å². The predicted molar refractivity (Wildman–Crippen MR) is 117 cm³/mol. The number of nitrogens with one attached hydrogen (secondary N) is 1. The van der Waals surface area contributed by atoms with Gasteiger partial charge in [0.05, 0.1) is 31.8 Å². The number of benzene rings is 2. The third-order valence-corrected chi connectivity index (χ3v) is 5.38. The molecule has 1 N–H and O–H groups in total. The van der Waals surface area contributed by atoms with Gasteiger partial charge in [-0.05, 0) is 23.8 Å². The highest BCUT2D eigenvalue weighted by atomic mass is 35.5. The first-order chi connectivity index (χ1) is 15.1. The molecule has 2 heterocycles. The van der Waals surface area contributed by atoms with Crippen molar-refractivity contribution in [2.75, 3.05) is 20.3 Å². The van der Waals surface area contributed by atoms with Crippen LogP contribution in [0, 0.1) is 0 Å². The van der Waals surface area contributed by atoms with Gasteiger partial charge in [0.15, 0.2) is 11.5 Å². The highest BCUT2D eigenvalue weighted by molar-refractivity contribution is 6.32. The Labute approximate surface area is 185 Å². The zero-order chi connectivity index (χ0) is 21.8. The van der Waals surface area contributed by atoms with E-state index in [4.69, 9.17) is 25.8 Å². The SMILES string of the molecule is COc1ccccc1C(NC(=O)Cc1cc(Cl)c2c(c1)OCCCO2)c1nccn1C. The third-order valence-electron chi connectivity index (χ3n) is 5.10. The van der Waals surface area contributed by atoms with Crippen LogP contribution in [0.5, 0.6) is 17.2 Å². The summed E-state index contributed by atoms with van der Waals surface area (Å²) in [6, 6.07) is 10.7. The van der Waals surface area contributed by atoms with Crippen LogP contribution in [-0.4, -0.2) is 35.8 Å². The molecule has 0 fully saturated rings. The Kier molecular flexibility index (Phi) is 6.32. The largest absolute Gasteiger partial charge is 0.496 e. The van der Waals surface area contributed by atoms with Crippen LogP contribution in [-0.2, 0) is 18.3 Å². The molecule has 0 bridgehead atoms. The van der Waals surface area contributed by atoms with E-state index in [-0.39, 0.29) is 12.3 Å². The molecule has 0 radical (unpaired) electrons. The summed E-state index contributed by atoms with van der Waals surface area (Å²) in [5.41, 5.74) is 1.56. The molecule has 0 saturated carbocycles. The standard InChI is InChI=1S/C23H24ClN3O4/c1-27-9-8-25-23(27)21(16-6-3-4-7-18(16)29-2)26-20(28)14-15-12-17(24)22-19(13-15)30-10-5-11-31-22/h3-4,6-9,12-13,21H,5,10-11,14H2,1-2H3,(H,26,28). The Morgan fingerprint density at radius 1 is 1.29 bits per heavy atom. The molecule has 31 heavy (non-hydrogen) atoms. The number of hydrogen-bond donors (Lipinski definition) is 1. The van der Waals surface area contributed by atoms with E-state index in [0.717, 1.165) is 17.5 Å². The first kappa shape index (κ1) is 21.1. The number of halogens is 1. The topological polar surface area (TPSA) is 74.6 Å². The van der Waals surface area contributed by atoms with Gasteiger partial charge in [0, 0.05) is 31.4 Å². The zero-order valence-electron chi connectivity index (χ0n) is 17.4. The molecule has 1 aliphatic heterocycles. The van der Waals surface area contributed by atoms with Crippen molar-refractivity contribution in [1.82, 2.24) is 14.9 Å². The average Bonchev–Trinajstić information content (AvgIpc) is 3.03. The lowest BCUT2D eigenvalue weighted by molar-refractivity contribution is -0.121. The summed E-state index contributed by atoms with van der Waals surface area (Å²) in [6.07, 6.45) is 4.46. The van der Waals surface area contributed by atoms with E-state index in [1.54, 1.807) is 19.4 Å². The van der Waals surface area contributed by atoms with Gasteiger partial charge in [-0.2, -0.15) is 0 Å². The van der Waals surface area contributed by atoms with Crippen molar-refractivity contribution in [2.45, 2.75) is 18.9 Å². The van der Waals surface area contributed by atoms with Crippen LogP contribution >= 0.6 is 11.6 Å². The fraction of sp³-hybridized carbons (Fsp3) is 0.304. The third kappa shape index (κ3) is 4.61. The number of carbonyl (C=O) groups excluding carboxylic acids is 1. The molecule has 0 saturated heterocycles. The quantitative estimate of drug-likeness (QED) is 0.631. The fourth-order valence-electron chi connectivity index (χ4n) is 3.63. The van der Waals surface area contributed by atoms with Crippen LogP contribution in [0.2, 0.25) is 5.02 Å². The second-order valence-corrected chi connectivity index (χ2v) is 7.68. The molecule has 0 spiro atoms. The molecule has 8 heteroatoms. The van der Waals surface area contributed by atoms with Crippen LogP contribution in [0.25, 0.3) is 0 Å². The van der Waals surface area contributed by atoms with E-state index in [2.05, 4.69) is 10.3 Å². The number of ether oxygens (including phenoxy) is 3. The molecule has 3 aromatic rings. The molecular weight excluding hydrogens is 418 g/mol. The summed E-state index contributed by atoms with van der Waals surface area (Å²) < 4.78 is 18.8. The normalized spacial score (nSPS) is 13.9. The van der Waals surface area contributed by atoms with Crippen molar-refractivity contribution in [1.29, 1.82) is 0 Å². The second-order valence-electron chi connectivity index (χ2n) is 7.27. The molecular formula is C23H24ClN3O4. The Morgan fingerprint density at radius 3 is 2.87 bits per heavy atom. The minimum absolute atomic E-state index is 0.131. The summed E-state index contributed by atoms with van der Waals surface area (Å²) in [6.45, 7) is 1.10. The number of rotatable bonds is 6. The monoisotopic (exact) mass is 441 g/mol. The number of aryl methyl sites for hydroxylation is 1. The summed E-state index contributed by atoms with van der Waals surface area (Å²) in [5.74, 6) is 2.30. The minimum atomic E-state index is -0.473. The smallest absolute Gasteiger partial charge is 0.225 e. The molecule has 4 rings (SSSR count). The lowest BCUT2D eigenvalue weighted by Gasteiger charge is -2.21. The Bertz CT molecular complexity index is 1080. The van der Waals surface area contributed by atoms with Gasteiger partial charge < -0.3 is 24.1 Å². The molecule has 1 aromatic heterocycles. The van der Waals surface area contributed by atoms with Gasteiger partial charge in [-0.1, -0.05) is 29.8 Å². The van der Waals surface area contributed by atoms with Gasteiger partial charge in [-0.25, -0.2) is 4.98 Å². The van der Waals surface area contributed by atoms with Crippen molar-refractivity contribution in [3.05, 3.63) is 70.8 Å². The maximum absolute atomic E-state index is 13.0. The molecule has 162 valence electrons. The second kappa shape index (κ2) is 9.31. The molecule has 1 aliphatic rings. The summed E-state index contributed by atoms with van der Waals surface area (Å²) in [7, 11) is 3.50. The summed E-state index contributed by atoms with van der Waals surface area (Å²) in [5, 5.41) is 3.53. The van der Waals surface area contributed by atoms with Gasteiger partial charge in [-0.15, -0.1) is 0 Å². The molecule has 2 aromatic carbocycles. The Hall–Kier alpha value is -3.19. The van der Waals surface area contributed by atoms with E-state index in [1.165, 1.54) is 0 Å². The lowest BCUT2D eigenvalue weighted by atomic mass is 10.0. The van der Waals surface area contributed by atoms with Crippen LogP contribution in [0.3, 0.4) is 0 Å². The van der Waals surface area contributed by atoms with Gasteiger partial charge in [0.25, 0.3) is 0 Å². The van der Waals surface area contributed by atoms with Crippen LogP contribution < -0.4 is 19.5 Å². The summed E-state index contributed by atoms with van der Waals surface area (Å²) >= 11 is 6.38. The van der Waals surface area contributed by atoms with E-state index in [0.29, 0.717) is 41.3 Å². The predicted octanol–water partition coefficient (Wildman–Crippen LogP) is 3.69. The number of fused-ring (bicyclic) bond motifs is 1. The number of para-hydroxylation sites is 1. The van der Waals surface area contributed by atoms with E-state index < -0.39 is 6.04 Å². The van der Waals surface area contributed by atoms with E-state index in [9.17, 15) is 4.79 Å². The zero-order valence-corrected chi connectivity index (χ0v) is 18.2. The van der Waals surface area contributed by atoms with E-state index in [1.807, 2.05) is 48.1 Å². The Morgan fingerprint density at radius 2 is 2.10 bits per heavy atom. The first-order valence-corrected chi connectivity index (χ1v) is 10.4. The molecule has 7 nitrogen and oxygen atoms in total. The fourth-order valence-corrected chi connectivity index (χ4v) is 3.91. The van der Waals surface area contributed by atoms with Crippen molar-refractivity contribution in [2.24, 2.45) is 7.05 Å².